The number of carbonyl (C=O) groups is 1. The molecule has 1 amide bonds. The monoisotopic (exact) mass is 352 g/mol. The van der Waals surface area contributed by atoms with Crippen LogP contribution in [-0.4, -0.2) is 22.1 Å². The number of nitrogens with zero attached hydrogens (tertiary/aromatic N) is 1. The van der Waals surface area contributed by atoms with Crippen LogP contribution in [0.25, 0.3) is 10.9 Å². The predicted molar refractivity (Wildman–Crippen MR) is 102 cm³/mol. The number of hydrogen-bond acceptors (Lipinski definition) is 2. The van der Waals surface area contributed by atoms with E-state index < -0.39 is 0 Å². The molecule has 4 saturated carbocycles. The molecule has 1 aromatic carbocycles. The SMILES string of the molecule is Cn1cc(CCNC(=O)C23CC4CC(CC(C4)C2)C3)c2cc(O)ccc21. The first-order chi connectivity index (χ1) is 12.5. The molecule has 4 heteroatoms. The molecule has 0 saturated heterocycles. The normalized spacial score (nSPS) is 32.3. The first kappa shape index (κ1) is 16.2. The average Bonchev–Trinajstić information content (AvgIpc) is 2.89. The number of phenols is 1. The van der Waals surface area contributed by atoms with Gasteiger partial charge in [0.1, 0.15) is 5.75 Å². The van der Waals surface area contributed by atoms with Gasteiger partial charge in [-0.25, -0.2) is 0 Å². The molecule has 4 fully saturated rings. The maximum absolute atomic E-state index is 13.1. The van der Waals surface area contributed by atoms with Gasteiger partial charge >= 0.3 is 0 Å². The standard InChI is InChI=1S/C22H28N2O2/c1-24-13-17(19-9-18(25)2-3-20(19)24)4-5-23-21(26)22-10-14-6-15(11-22)8-16(7-14)12-22/h2-3,9,13-16,25H,4-8,10-12H2,1H3,(H,23,26). The summed E-state index contributed by atoms with van der Waals surface area (Å²) in [6.07, 6.45) is 10.4. The topological polar surface area (TPSA) is 54.3 Å². The van der Waals surface area contributed by atoms with Crippen molar-refractivity contribution in [1.82, 2.24) is 9.88 Å². The number of amides is 1. The summed E-state index contributed by atoms with van der Waals surface area (Å²) in [4.78, 5) is 13.1. The van der Waals surface area contributed by atoms with Crippen LogP contribution in [-0.2, 0) is 18.3 Å². The molecule has 0 radical (unpaired) electrons. The molecule has 4 bridgehead atoms. The van der Waals surface area contributed by atoms with E-state index >= 15 is 0 Å². The lowest BCUT2D eigenvalue weighted by Gasteiger charge is -2.55. The summed E-state index contributed by atoms with van der Waals surface area (Å²) < 4.78 is 2.09. The molecule has 2 N–H and O–H groups in total. The lowest BCUT2D eigenvalue weighted by Crippen LogP contribution is -2.53. The van der Waals surface area contributed by atoms with Crippen molar-refractivity contribution in [3.05, 3.63) is 30.0 Å². The summed E-state index contributed by atoms with van der Waals surface area (Å²) in [5.74, 6) is 3.00. The second-order valence-electron chi connectivity index (χ2n) is 9.17. The quantitative estimate of drug-likeness (QED) is 0.880. The second kappa shape index (κ2) is 5.77. The highest BCUT2D eigenvalue weighted by atomic mass is 16.3. The number of aryl methyl sites for hydroxylation is 1. The third kappa shape index (κ3) is 2.53. The Morgan fingerprint density at radius 1 is 1.19 bits per heavy atom. The van der Waals surface area contributed by atoms with E-state index in [0.717, 1.165) is 54.3 Å². The molecule has 0 unspecified atom stereocenters. The fourth-order valence-electron chi connectivity index (χ4n) is 6.55. The zero-order valence-corrected chi connectivity index (χ0v) is 15.5. The summed E-state index contributed by atoms with van der Waals surface area (Å²) in [5, 5.41) is 14.1. The molecule has 6 rings (SSSR count). The molecule has 4 aliphatic carbocycles. The maximum Gasteiger partial charge on any atom is 0.226 e. The van der Waals surface area contributed by atoms with Gasteiger partial charge in [-0.3, -0.25) is 4.79 Å². The third-order valence-corrected chi connectivity index (χ3v) is 7.26. The Hall–Kier alpha value is -1.97. The molecule has 0 atom stereocenters. The number of benzene rings is 1. The Kier molecular flexibility index (Phi) is 3.60. The molecular weight excluding hydrogens is 324 g/mol. The van der Waals surface area contributed by atoms with Crippen molar-refractivity contribution in [3.8, 4) is 5.75 Å². The number of aromatic hydroxyl groups is 1. The Labute approximate surface area is 154 Å². The minimum Gasteiger partial charge on any atom is -0.508 e. The molecule has 0 aliphatic heterocycles. The fourth-order valence-corrected chi connectivity index (χ4v) is 6.55. The van der Waals surface area contributed by atoms with Crippen LogP contribution in [0.4, 0.5) is 0 Å². The average molecular weight is 352 g/mol. The van der Waals surface area contributed by atoms with Crippen LogP contribution in [0.15, 0.2) is 24.4 Å². The number of aromatic nitrogens is 1. The number of rotatable bonds is 4. The molecule has 1 heterocycles. The van der Waals surface area contributed by atoms with Gasteiger partial charge in [0.25, 0.3) is 0 Å². The Balaban J connectivity index is 1.27. The first-order valence-corrected chi connectivity index (χ1v) is 10.1. The van der Waals surface area contributed by atoms with E-state index in [1.165, 1.54) is 24.8 Å². The molecule has 138 valence electrons. The third-order valence-electron chi connectivity index (χ3n) is 7.26. The summed E-state index contributed by atoms with van der Waals surface area (Å²) in [5.41, 5.74) is 2.24. The summed E-state index contributed by atoms with van der Waals surface area (Å²) in [6, 6.07) is 5.49. The lowest BCUT2D eigenvalue weighted by atomic mass is 9.49. The second-order valence-corrected chi connectivity index (χ2v) is 9.17. The van der Waals surface area contributed by atoms with Crippen molar-refractivity contribution in [2.24, 2.45) is 30.2 Å². The van der Waals surface area contributed by atoms with E-state index in [1.807, 2.05) is 19.2 Å². The van der Waals surface area contributed by atoms with Crippen LogP contribution in [0.3, 0.4) is 0 Å². The van der Waals surface area contributed by atoms with Gasteiger partial charge in [0.15, 0.2) is 0 Å². The van der Waals surface area contributed by atoms with Crippen molar-refractivity contribution < 1.29 is 9.90 Å². The molecule has 26 heavy (non-hydrogen) atoms. The van der Waals surface area contributed by atoms with Crippen LogP contribution < -0.4 is 5.32 Å². The number of carbonyl (C=O) groups excluding carboxylic acids is 1. The van der Waals surface area contributed by atoms with E-state index in [9.17, 15) is 9.90 Å². The zero-order chi connectivity index (χ0) is 17.9. The molecular formula is C22H28N2O2. The lowest BCUT2D eigenvalue weighted by molar-refractivity contribution is -0.146. The van der Waals surface area contributed by atoms with Gasteiger partial charge in [0, 0.05) is 36.1 Å². The number of hydrogen-bond donors (Lipinski definition) is 2. The van der Waals surface area contributed by atoms with Crippen molar-refractivity contribution in [2.75, 3.05) is 6.54 Å². The minimum absolute atomic E-state index is 0.0637. The highest BCUT2D eigenvalue weighted by Crippen LogP contribution is 2.60. The number of nitrogens with one attached hydrogen (secondary N) is 1. The summed E-state index contributed by atoms with van der Waals surface area (Å²) in [6.45, 7) is 0.676. The van der Waals surface area contributed by atoms with E-state index in [1.54, 1.807) is 6.07 Å². The highest BCUT2D eigenvalue weighted by Gasteiger charge is 2.54. The number of fused-ring (bicyclic) bond motifs is 1. The van der Waals surface area contributed by atoms with Crippen LogP contribution in [0, 0.1) is 23.2 Å². The smallest absolute Gasteiger partial charge is 0.226 e. The van der Waals surface area contributed by atoms with Crippen molar-refractivity contribution in [1.29, 1.82) is 0 Å². The maximum atomic E-state index is 13.1. The Bertz CT molecular complexity index is 831. The van der Waals surface area contributed by atoms with Crippen molar-refractivity contribution in [2.45, 2.75) is 44.9 Å². The molecule has 1 aromatic heterocycles. The summed E-state index contributed by atoms with van der Waals surface area (Å²) >= 11 is 0. The van der Waals surface area contributed by atoms with Crippen molar-refractivity contribution >= 4 is 16.8 Å². The summed E-state index contributed by atoms with van der Waals surface area (Å²) in [7, 11) is 2.02. The minimum atomic E-state index is -0.0637. The zero-order valence-electron chi connectivity index (χ0n) is 15.5. The van der Waals surface area contributed by atoms with Crippen molar-refractivity contribution in [3.63, 3.8) is 0 Å². The van der Waals surface area contributed by atoms with Gasteiger partial charge in [-0.2, -0.15) is 0 Å². The first-order valence-electron chi connectivity index (χ1n) is 10.1. The molecule has 4 aliphatic rings. The number of phenolic OH excluding ortho intramolecular Hbond substituents is 1. The Morgan fingerprint density at radius 2 is 1.85 bits per heavy atom. The van der Waals surface area contributed by atoms with Gasteiger partial charge in [-0.05, 0) is 86.5 Å². The van der Waals surface area contributed by atoms with Crippen LogP contribution in [0.1, 0.15) is 44.1 Å². The van der Waals surface area contributed by atoms with Crippen LogP contribution >= 0.6 is 0 Å². The van der Waals surface area contributed by atoms with Gasteiger partial charge < -0.3 is 15.0 Å². The molecule has 4 nitrogen and oxygen atoms in total. The van der Waals surface area contributed by atoms with E-state index in [0.29, 0.717) is 18.2 Å². The van der Waals surface area contributed by atoms with Gasteiger partial charge in [-0.15, -0.1) is 0 Å². The van der Waals surface area contributed by atoms with Gasteiger partial charge in [-0.1, -0.05) is 0 Å². The molecule has 0 spiro atoms. The van der Waals surface area contributed by atoms with Crippen LogP contribution in [0.2, 0.25) is 0 Å². The molecule has 2 aromatic rings. The van der Waals surface area contributed by atoms with E-state index in [-0.39, 0.29) is 5.41 Å². The fraction of sp³-hybridized carbons (Fsp3) is 0.591. The highest BCUT2D eigenvalue weighted by molar-refractivity contribution is 5.86. The largest absolute Gasteiger partial charge is 0.508 e. The Morgan fingerprint density at radius 3 is 2.50 bits per heavy atom. The van der Waals surface area contributed by atoms with E-state index in [4.69, 9.17) is 0 Å². The van der Waals surface area contributed by atoms with E-state index in [2.05, 4.69) is 16.1 Å². The van der Waals surface area contributed by atoms with Gasteiger partial charge in [0.2, 0.25) is 5.91 Å². The predicted octanol–water partition coefficient (Wildman–Crippen LogP) is 3.76. The van der Waals surface area contributed by atoms with Crippen LogP contribution in [0.5, 0.6) is 5.75 Å². The van der Waals surface area contributed by atoms with Gasteiger partial charge in [0.05, 0.1) is 0 Å².